The molecule has 0 bridgehead atoms. The van der Waals surface area contributed by atoms with Crippen LogP contribution in [0.5, 0.6) is 0 Å². The quantitative estimate of drug-likeness (QED) is 0.626. The molecule has 0 radical (unpaired) electrons. The van der Waals surface area contributed by atoms with E-state index in [9.17, 15) is 22.8 Å². The maximum absolute atomic E-state index is 13.1. The molecule has 0 spiro atoms. The molecule has 7 nitrogen and oxygen atoms in total. The number of hydrogen-bond acceptors (Lipinski definition) is 3. The maximum Gasteiger partial charge on any atom is 0.441 e. The number of alkyl halides is 3. The van der Waals surface area contributed by atoms with Crippen molar-refractivity contribution in [3.8, 4) is 5.69 Å². The van der Waals surface area contributed by atoms with E-state index in [1.165, 1.54) is 23.0 Å². The van der Waals surface area contributed by atoms with Crippen LogP contribution in [0.25, 0.3) is 22.8 Å². The van der Waals surface area contributed by atoms with Gasteiger partial charge in [-0.25, -0.2) is 9.48 Å². The fourth-order valence-corrected chi connectivity index (χ4v) is 3.19. The summed E-state index contributed by atoms with van der Waals surface area (Å²) in [5.41, 5.74) is -0.910. The van der Waals surface area contributed by atoms with Gasteiger partial charge in [0, 0.05) is 0 Å². The number of nitrogens with one attached hydrogen (secondary N) is 2. The van der Waals surface area contributed by atoms with Crippen molar-refractivity contribution in [1.29, 1.82) is 0 Å². The van der Waals surface area contributed by atoms with Crippen LogP contribution in [-0.2, 0) is 6.18 Å². The highest BCUT2D eigenvalue weighted by Gasteiger charge is 2.34. The Labute approximate surface area is 159 Å². The van der Waals surface area contributed by atoms with Crippen molar-refractivity contribution < 1.29 is 18.0 Å². The topological polar surface area (TPSA) is 82.8 Å². The Hall–Kier alpha value is -3.14. The minimum atomic E-state index is -4.66. The zero-order valence-corrected chi connectivity index (χ0v) is 15.0. The summed E-state index contributed by atoms with van der Waals surface area (Å²) in [6.07, 6.45) is -1.88. The number of nitrogens with zero attached hydrogens (tertiary/aromatic N) is 3. The molecule has 2 aromatic heterocycles. The Morgan fingerprint density at radius 3 is 2.82 bits per heavy atom. The molecule has 3 heterocycles. The highest BCUT2D eigenvalue weighted by molar-refractivity contribution is 6.31. The van der Waals surface area contributed by atoms with Crippen molar-refractivity contribution in [2.75, 3.05) is 6.54 Å². The van der Waals surface area contributed by atoms with Crippen LogP contribution in [0.4, 0.5) is 18.0 Å². The molecule has 1 aliphatic heterocycles. The maximum atomic E-state index is 13.1. The second-order valence-electron chi connectivity index (χ2n) is 6.03. The first kappa shape index (κ1) is 18.2. The number of aromatic amines is 1. The van der Waals surface area contributed by atoms with Gasteiger partial charge in [0.2, 0.25) is 0 Å². The molecule has 0 saturated heterocycles. The SMILES string of the molecule is CCNC(=O)[N+]1=c2ncc3c(=O)n(-c4ccc(Cl)c(C(F)(F)F)c4)[nH]c3c2=C1. The van der Waals surface area contributed by atoms with Crippen LogP contribution in [0.15, 0.2) is 29.2 Å². The lowest BCUT2D eigenvalue weighted by atomic mass is 10.2. The lowest BCUT2D eigenvalue weighted by molar-refractivity contribution is -0.137. The first-order valence-corrected chi connectivity index (χ1v) is 8.53. The Bertz CT molecular complexity index is 1320. The highest BCUT2D eigenvalue weighted by Crippen LogP contribution is 2.35. The summed E-state index contributed by atoms with van der Waals surface area (Å²) in [7, 11) is 0. The lowest BCUT2D eigenvalue weighted by Crippen LogP contribution is -2.54. The number of rotatable bonds is 2. The molecule has 0 fully saturated rings. The number of urea groups is 1. The van der Waals surface area contributed by atoms with Gasteiger partial charge in [0.25, 0.3) is 11.0 Å². The molecule has 4 rings (SSSR count). The number of H-pyrrole nitrogens is 1. The van der Waals surface area contributed by atoms with Crippen molar-refractivity contribution >= 4 is 34.7 Å². The number of amides is 2. The molecule has 0 unspecified atom stereocenters. The third-order valence-corrected chi connectivity index (χ3v) is 4.63. The number of pyridine rings is 1. The van der Waals surface area contributed by atoms with Gasteiger partial charge in [-0.1, -0.05) is 11.6 Å². The zero-order chi connectivity index (χ0) is 20.2. The van der Waals surface area contributed by atoms with Crippen LogP contribution in [0.2, 0.25) is 5.02 Å². The van der Waals surface area contributed by atoms with Gasteiger partial charge in [-0.05, 0) is 25.1 Å². The van der Waals surface area contributed by atoms with Gasteiger partial charge >= 0.3 is 12.2 Å². The average molecular weight is 411 g/mol. The number of carbonyl (C=O) groups excluding carboxylic acids is 1. The summed E-state index contributed by atoms with van der Waals surface area (Å²) in [5, 5.41) is 5.66. The number of aromatic nitrogens is 3. The third kappa shape index (κ3) is 2.68. The highest BCUT2D eigenvalue weighted by atomic mass is 35.5. The standard InChI is InChI=1S/C17H11ClF3N5O2/c1-2-22-16(28)25-7-10-13-9(6-23-14(10)25)15(27)26(24-13)8-3-4-12(18)11(5-8)17(19,20)21/h3-7H,2H2,1H3,(H,22,28)/p+1. The van der Waals surface area contributed by atoms with E-state index in [1.807, 2.05) is 0 Å². The number of halogens is 4. The molecule has 3 aromatic rings. The number of carbonyl (C=O) groups is 1. The van der Waals surface area contributed by atoms with E-state index >= 15 is 0 Å². The van der Waals surface area contributed by atoms with Crippen LogP contribution in [0.3, 0.4) is 0 Å². The molecule has 0 saturated carbocycles. The third-order valence-electron chi connectivity index (χ3n) is 4.30. The van der Waals surface area contributed by atoms with Crippen molar-refractivity contribution in [3.05, 3.63) is 56.0 Å². The Morgan fingerprint density at radius 2 is 2.14 bits per heavy atom. The minimum Gasteiger partial charge on any atom is -0.289 e. The fourth-order valence-electron chi connectivity index (χ4n) is 2.96. The second-order valence-corrected chi connectivity index (χ2v) is 6.44. The first-order chi connectivity index (χ1) is 13.2. The summed E-state index contributed by atoms with van der Waals surface area (Å²) in [4.78, 5) is 28.7. The monoisotopic (exact) mass is 410 g/mol. The molecule has 1 aliphatic rings. The van der Waals surface area contributed by atoms with E-state index in [1.54, 1.807) is 6.92 Å². The van der Waals surface area contributed by atoms with Crippen LogP contribution in [0.1, 0.15) is 12.5 Å². The molecule has 0 atom stereocenters. The molecule has 0 aliphatic carbocycles. The minimum absolute atomic E-state index is 0.0217. The van der Waals surface area contributed by atoms with Crippen molar-refractivity contribution in [1.82, 2.24) is 24.7 Å². The molecule has 2 amide bonds. The summed E-state index contributed by atoms with van der Waals surface area (Å²) in [6, 6.07) is 2.82. The van der Waals surface area contributed by atoms with E-state index in [0.717, 1.165) is 16.8 Å². The van der Waals surface area contributed by atoms with Crippen molar-refractivity contribution in [3.63, 3.8) is 0 Å². The Balaban J connectivity index is 1.90. The predicted octanol–water partition coefficient (Wildman–Crippen LogP) is 1.36. The zero-order valence-electron chi connectivity index (χ0n) is 14.3. The summed E-state index contributed by atoms with van der Waals surface area (Å²) >= 11 is 5.64. The molecule has 144 valence electrons. The number of benzene rings is 1. The van der Waals surface area contributed by atoms with Crippen LogP contribution in [-0.4, -0.2) is 27.3 Å². The van der Waals surface area contributed by atoms with Gasteiger partial charge in [-0.15, -0.1) is 4.98 Å². The van der Waals surface area contributed by atoms with E-state index in [-0.39, 0.29) is 17.1 Å². The Kier molecular flexibility index (Phi) is 4.03. The molecule has 2 N–H and O–H groups in total. The molecule has 1 aromatic carbocycles. The molecule has 28 heavy (non-hydrogen) atoms. The fraction of sp³-hybridized carbons (Fsp3) is 0.176. The average Bonchev–Trinajstić information content (AvgIpc) is 2.91. The van der Waals surface area contributed by atoms with Crippen molar-refractivity contribution in [2.45, 2.75) is 13.1 Å². The van der Waals surface area contributed by atoms with Crippen LogP contribution < -0.4 is 26.2 Å². The number of hydrogen-bond donors (Lipinski definition) is 2. The van der Waals surface area contributed by atoms with E-state index in [4.69, 9.17) is 11.6 Å². The smallest absolute Gasteiger partial charge is 0.289 e. The summed E-state index contributed by atoms with van der Waals surface area (Å²) < 4.78 is 41.6. The Morgan fingerprint density at radius 1 is 1.39 bits per heavy atom. The van der Waals surface area contributed by atoms with Crippen molar-refractivity contribution in [2.24, 2.45) is 0 Å². The molecule has 11 heteroatoms. The van der Waals surface area contributed by atoms with Gasteiger partial charge in [0.05, 0.1) is 34.5 Å². The van der Waals surface area contributed by atoms with Crippen LogP contribution >= 0.6 is 11.6 Å². The van der Waals surface area contributed by atoms with Gasteiger partial charge < -0.3 is 0 Å². The van der Waals surface area contributed by atoms with Gasteiger partial charge in [-0.2, -0.15) is 17.7 Å². The molecular formula is C17H12ClF3N5O2+. The van der Waals surface area contributed by atoms with Crippen LogP contribution in [0, 0.1) is 0 Å². The molecular weight excluding hydrogens is 399 g/mol. The van der Waals surface area contributed by atoms with Gasteiger partial charge in [0.1, 0.15) is 16.8 Å². The normalized spacial score (nSPS) is 13.1. The van der Waals surface area contributed by atoms with E-state index < -0.39 is 22.3 Å². The predicted molar refractivity (Wildman–Crippen MR) is 95.7 cm³/mol. The summed E-state index contributed by atoms with van der Waals surface area (Å²) in [6.45, 7) is 2.21. The second kappa shape index (κ2) is 6.20. The summed E-state index contributed by atoms with van der Waals surface area (Å²) in [5.74, 6) is 0. The van der Waals surface area contributed by atoms with Gasteiger partial charge in [-0.3, -0.25) is 15.2 Å². The van der Waals surface area contributed by atoms with E-state index in [0.29, 0.717) is 22.8 Å². The van der Waals surface area contributed by atoms with Gasteiger partial charge in [0.15, 0.2) is 0 Å². The van der Waals surface area contributed by atoms with E-state index in [2.05, 4.69) is 15.4 Å². The lowest BCUT2D eigenvalue weighted by Gasteiger charge is -2.11. The largest absolute Gasteiger partial charge is 0.441 e. The number of fused-ring (bicyclic) bond motifs is 3. The first-order valence-electron chi connectivity index (χ1n) is 8.15.